The number of rotatable bonds is 9. The SMILES string of the molecule is CC/C(C)=C(C(\C=NC)=C\N)/C(OC)=C(\N=C(/C)Oc1c(F)cc(Br)cc1F)Nc1cc(C)[nH]n1. The molecule has 0 aliphatic carbocycles. The zero-order valence-corrected chi connectivity index (χ0v) is 22.0. The van der Waals surface area contributed by atoms with E-state index in [1.807, 2.05) is 20.8 Å². The summed E-state index contributed by atoms with van der Waals surface area (Å²) in [5.74, 6) is -1.46. The Morgan fingerprint density at radius 1 is 1.26 bits per heavy atom. The molecule has 2 rings (SSSR count). The number of benzene rings is 1. The van der Waals surface area contributed by atoms with E-state index < -0.39 is 17.4 Å². The van der Waals surface area contributed by atoms with Crippen molar-refractivity contribution in [3.05, 3.63) is 74.5 Å². The smallest absolute Gasteiger partial charge is 0.200 e. The Bertz CT molecular complexity index is 1190. The molecule has 0 spiro atoms. The number of allylic oxidation sites excluding steroid dienone is 2. The van der Waals surface area contributed by atoms with E-state index in [-0.39, 0.29) is 16.2 Å². The molecule has 0 aliphatic heterocycles. The minimum atomic E-state index is -0.880. The molecule has 35 heavy (non-hydrogen) atoms. The summed E-state index contributed by atoms with van der Waals surface area (Å²) in [6, 6.07) is 3.96. The summed E-state index contributed by atoms with van der Waals surface area (Å²) >= 11 is 3.05. The third kappa shape index (κ3) is 7.25. The molecule has 0 fully saturated rings. The van der Waals surface area contributed by atoms with Crippen LogP contribution in [-0.2, 0) is 4.74 Å². The Morgan fingerprint density at radius 2 is 1.91 bits per heavy atom. The Hall–Kier alpha value is -3.47. The summed E-state index contributed by atoms with van der Waals surface area (Å²) in [6.45, 7) is 7.22. The highest BCUT2D eigenvalue weighted by molar-refractivity contribution is 9.10. The Labute approximate surface area is 211 Å². The topological polar surface area (TPSA) is 110 Å². The molecule has 0 atom stereocenters. The van der Waals surface area contributed by atoms with E-state index >= 15 is 0 Å². The van der Waals surface area contributed by atoms with Crippen molar-refractivity contribution >= 4 is 33.9 Å². The van der Waals surface area contributed by atoms with Gasteiger partial charge in [-0.1, -0.05) is 28.4 Å². The second-order valence-corrected chi connectivity index (χ2v) is 8.31. The van der Waals surface area contributed by atoms with Gasteiger partial charge in [0.25, 0.3) is 0 Å². The third-order valence-electron chi connectivity index (χ3n) is 4.77. The first-order chi connectivity index (χ1) is 16.6. The first-order valence-corrected chi connectivity index (χ1v) is 11.4. The van der Waals surface area contributed by atoms with Crippen LogP contribution >= 0.6 is 15.9 Å². The number of nitrogens with one attached hydrogen (secondary N) is 2. The zero-order chi connectivity index (χ0) is 26.1. The number of aryl methyl sites for hydroxylation is 1. The Balaban J connectivity index is 2.72. The standard InChI is InChI=1S/C24H29BrF2N6O2/c1-7-13(2)21(16(11-28)12-29-5)23(34-6)24(31-20-8-14(3)32-33-20)30-15(4)35-22-18(26)9-17(25)10-19(22)27/h8-12H,7,28H2,1-6H3,(H2,31,32,33)/b16-11+,21-13+,24-23-,29-12?,30-15+. The molecule has 11 heteroatoms. The monoisotopic (exact) mass is 550 g/mol. The van der Waals surface area contributed by atoms with E-state index in [0.29, 0.717) is 29.1 Å². The van der Waals surface area contributed by atoms with Crippen LogP contribution in [0.5, 0.6) is 5.75 Å². The number of methoxy groups -OCH3 is 1. The molecule has 0 radical (unpaired) electrons. The lowest BCUT2D eigenvalue weighted by atomic mass is 9.98. The maximum absolute atomic E-state index is 14.3. The molecule has 4 N–H and O–H groups in total. The number of ether oxygens (including phenoxy) is 2. The summed E-state index contributed by atoms with van der Waals surface area (Å²) < 4.78 is 40.1. The quantitative estimate of drug-likeness (QED) is 0.159. The van der Waals surface area contributed by atoms with Crippen molar-refractivity contribution in [2.75, 3.05) is 19.5 Å². The number of hydrogen-bond donors (Lipinski definition) is 3. The van der Waals surface area contributed by atoms with Crippen LogP contribution in [0.4, 0.5) is 14.6 Å². The van der Waals surface area contributed by atoms with Gasteiger partial charge in [0.15, 0.2) is 40.7 Å². The molecule has 188 valence electrons. The van der Waals surface area contributed by atoms with Crippen molar-refractivity contribution in [2.24, 2.45) is 15.7 Å². The van der Waals surface area contributed by atoms with Crippen molar-refractivity contribution in [3.63, 3.8) is 0 Å². The number of nitrogens with zero attached hydrogens (tertiary/aromatic N) is 3. The summed E-state index contributed by atoms with van der Waals surface area (Å²) in [4.78, 5) is 8.54. The van der Waals surface area contributed by atoms with Crippen molar-refractivity contribution < 1.29 is 18.3 Å². The van der Waals surface area contributed by atoms with Crippen molar-refractivity contribution in [2.45, 2.75) is 34.1 Å². The molecule has 0 unspecified atom stereocenters. The Morgan fingerprint density at radius 3 is 2.40 bits per heavy atom. The van der Waals surface area contributed by atoms with Crippen LogP contribution in [0.3, 0.4) is 0 Å². The predicted molar refractivity (Wildman–Crippen MR) is 138 cm³/mol. The van der Waals surface area contributed by atoms with Gasteiger partial charge in [-0.2, -0.15) is 10.1 Å². The highest BCUT2D eigenvalue weighted by Crippen LogP contribution is 2.30. The number of halogens is 3. The van der Waals surface area contributed by atoms with Crippen LogP contribution in [0.15, 0.2) is 67.2 Å². The van der Waals surface area contributed by atoms with E-state index in [1.165, 1.54) is 20.2 Å². The molecule has 1 aromatic heterocycles. The highest BCUT2D eigenvalue weighted by Gasteiger charge is 2.21. The molecule has 1 aromatic carbocycles. The lowest BCUT2D eigenvalue weighted by molar-refractivity contribution is 0.296. The van der Waals surface area contributed by atoms with E-state index in [0.717, 1.165) is 23.4 Å². The van der Waals surface area contributed by atoms with Crippen LogP contribution < -0.4 is 15.8 Å². The maximum Gasteiger partial charge on any atom is 0.200 e. The average Bonchev–Trinajstić information content (AvgIpc) is 3.22. The normalized spacial score (nSPS) is 14.1. The maximum atomic E-state index is 14.3. The molecular formula is C24H29BrF2N6O2. The second-order valence-electron chi connectivity index (χ2n) is 7.39. The first-order valence-electron chi connectivity index (χ1n) is 10.6. The number of aliphatic imine (C=N–C) groups is 2. The fraction of sp³-hybridized carbons (Fsp3) is 0.292. The minimum Gasteiger partial charge on any atom is -0.492 e. The number of hydrogen-bond acceptors (Lipinski definition) is 7. The number of nitrogens with two attached hydrogens (primary N) is 1. The summed E-state index contributed by atoms with van der Waals surface area (Å²) in [6.07, 6.45) is 3.69. The van der Waals surface area contributed by atoms with Gasteiger partial charge in [0.1, 0.15) is 0 Å². The van der Waals surface area contributed by atoms with Gasteiger partial charge >= 0.3 is 0 Å². The lowest BCUT2D eigenvalue weighted by Gasteiger charge is -2.18. The van der Waals surface area contributed by atoms with Crippen LogP contribution in [-0.4, -0.2) is 36.5 Å². The van der Waals surface area contributed by atoms with Crippen LogP contribution in [0, 0.1) is 18.6 Å². The van der Waals surface area contributed by atoms with Gasteiger partial charge in [-0.3, -0.25) is 10.1 Å². The van der Waals surface area contributed by atoms with Gasteiger partial charge in [0, 0.05) is 53.8 Å². The molecule has 8 nitrogen and oxygen atoms in total. The molecule has 0 bridgehead atoms. The molecule has 2 aromatic rings. The van der Waals surface area contributed by atoms with Crippen molar-refractivity contribution in [1.29, 1.82) is 0 Å². The molecule has 0 saturated heterocycles. The van der Waals surface area contributed by atoms with Gasteiger partial charge in [0.05, 0.1) is 7.11 Å². The minimum absolute atomic E-state index is 0.0506. The highest BCUT2D eigenvalue weighted by atomic mass is 79.9. The van der Waals surface area contributed by atoms with E-state index in [9.17, 15) is 8.78 Å². The van der Waals surface area contributed by atoms with Crippen LogP contribution in [0.2, 0.25) is 0 Å². The fourth-order valence-electron chi connectivity index (χ4n) is 3.09. The van der Waals surface area contributed by atoms with Gasteiger partial charge in [-0.25, -0.2) is 8.78 Å². The Kier molecular flexibility index (Phi) is 10.2. The molecule has 0 amide bonds. The van der Waals surface area contributed by atoms with Crippen molar-refractivity contribution in [1.82, 2.24) is 10.2 Å². The molecular weight excluding hydrogens is 522 g/mol. The van der Waals surface area contributed by atoms with E-state index in [2.05, 4.69) is 41.4 Å². The first kappa shape index (κ1) is 27.8. The fourth-order valence-corrected chi connectivity index (χ4v) is 3.49. The summed E-state index contributed by atoms with van der Waals surface area (Å²) in [5, 5.41) is 10.1. The van der Waals surface area contributed by atoms with Crippen molar-refractivity contribution in [3.8, 4) is 5.75 Å². The molecule has 1 heterocycles. The molecule has 0 saturated carbocycles. The third-order valence-corrected chi connectivity index (χ3v) is 5.23. The average molecular weight is 551 g/mol. The largest absolute Gasteiger partial charge is 0.492 e. The number of H-pyrrole nitrogens is 1. The summed E-state index contributed by atoms with van der Waals surface area (Å²) in [5.41, 5.74) is 8.89. The predicted octanol–water partition coefficient (Wildman–Crippen LogP) is 5.75. The van der Waals surface area contributed by atoms with Gasteiger partial charge in [-0.05, 0) is 32.4 Å². The number of aromatic amines is 1. The molecule has 0 aliphatic rings. The van der Waals surface area contributed by atoms with E-state index in [1.54, 1.807) is 19.3 Å². The van der Waals surface area contributed by atoms with E-state index in [4.69, 9.17) is 15.2 Å². The number of aromatic nitrogens is 2. The lowest BCUT2D eigenvalue weighted by Crippen LogP contribution is -2.14. The summed E-state index contributed by atoms with van der Waals surface area (Å²) in [7, 11) is 3.11. The van der Waals surface area contributed by atoms with Gasteiger partial charge in [-0.15, -0.1) is 0 Å². The van der Waals surface area contributed by atoms with Crippen LogP contribution in [0.1, 0.15) is 32.9 Å². The second kappa shape index (κ2) is 12.8. The van der Waals surface area contributed by atoms with Crippen LogP contribution in [0.25, 0.3) is 0 Å². The van der Waals surface area contributed by atoms with Gasteiger partial charge in [0.2, 0.25) is 0 Å². The van der Waals surface area contributed by atoms with Gasteiger partial charge < -0.3 is 20.5 Å². The zero-order valence-electron chi connectivity index (χ0n) is 20.5. The number of anilines is 1.